The maximum atomic E-state index is 5.56. The first-order valence-electron chi connectivity index (χ1n) is 7.01. The number of oxazole rings is 1. The van der Waals surface area contributed by atoms with Gasteiger partial charge in [-0.15, -0.1) is 0 Å². The quantitative estimate of drug-likeness (QED) is 0.849. The van der Waals surface area contributed by atoms with Gasteiger partial charge in [-0.25, -0.2) is 4.98 Å². The zero-order chi connectivity index (χ0) is 15.2. The van der Waals surface area contributed by atoms with E-state index in [9.17, 15) is 0 Å². The van der Waals surface area contributed by atoms with Gasteiger partial charge >= 0.3 is 0 Å². The zero-order valence-electron chi connectivity index (χ0n) is 13.0. The molecule has 0 saturated heterocycles. The summed E-state index contributed by atoms with van der Waals surface area (Å²) in [4.78, 5) is 4.29. The van der Waals surface area contributed by atoms with Crippen molar-refractivity contribution >= 4 is 0 Å². The van der Waals surface area contributed by atoms with Gasteiger partial charge in [0.1, 0.15) is 5.69 Å². The molecule has 0 saturated carbocycles. The van der Waals surface area contributed by atoms with Crippen LogP contribution in [0.3, 0.4) is 0 Å². The monoisotopic (exact) mass is 290 g/mol. The van der Waals surface area contributed by atoms with Gasteiger partial charge in [0.2, 0.25) is 0 Å². The fourth-order valence-corrected chi connectivity index (χ4v) is 2.16. The van der Waals surface area contributed by atoms with E-state index in [4.69, 9.17) is 13.9 Å². The Morgan fingerprint density at radius 2 is 2.05 bits per heavy atom. The van der Waals surface area contributed by atoms with Crippen LogP contribution in [0.5, 0.6) is 11.5 Å². The average Bonchev–Trinajstić information content (AvgIpc) is 2.94. The van der Waals surface area contributed by atoms with E-state index >= 15 is 0 Å². The molecule has 0 aliphatic carbocycles. The predicted octanol–water partition coefficient (Wildman–Crippen LogP) is 3.10. The van der Waals surface area contributed by atoms with E-state index < -0.39 is 0 Å². The van der Waals surface area contributed by atoms with E-state index in [1.54, 1.807) is 14.2 Å². The van der Waals surface area contributed by atoms with Crippen molar-refractivity contribution in [1.82, 2.24) is 10.3 Å². The summed E-state index contributed by atoms with van der Waals surface area (Å²) in [6.45, 7) is 5.93. The Morgan fingerprint density at radius 1 is 1.24 bits per heavy atom. The number of aromatic nitrogens is 1. The highest BCUT2D eigenvalue weighted by Crippen LogP contribution is 2.38. The van der Waals surface area contributed by atoms with Gasteiger partial charge in [0.25, 0.3) is 0 Å². The van der Waals surface area contributed by atoms with Gasteiger partial charge in [-0.05, 0) is 24.6 Å². The van der Waals surface area contributed by atoms with Gasteiger partial charge in [-0.1, -0.05) is 19.9 Å². The zero-order valence-corrected chi connectivity index (χ0v) is 13.0. The molecule has 1 aromatic heterocycles. The Balaban J connectivity index is 2.28. The summed E-state index contributed by atoms with van der Waals surface area (Å²) in [6, 6.07) is 5.70. The molecule has 0 bridgehead atoms. The van der Waals surface area contributed by atoms with E-state index in [1.807, 2.05) is 18.2 Å². The molecule has 1 N–H and O–H groups in total. The highest BCUT2D eigenvalue weighted by molar-refractivity contribution is 5.71. The first kappa shape index (κ1) is 15.4. The van der Waals surface area contributed by atoms with Crippen molar-refractivity contribution in [3.63, 3.8) is 0 Å². The Bertz CT molecular complexity index is 579. The molecule has 114 valence electrons. The summed E-state index contributed by atoms with van der Waals surface area (Å²) >= 11 is 0. The number of nitrogens with one attached hydrogen (secondary N) is 1. The summed E-state index contributed by atoms with van der Waals surface area (Å²) in [7, 11) is 3.24. The molecule has 5 nitrogen and oxygen atoms in total. The van der Waals surface area contributed by atoms with Crippen LogP contribution in [0.4, 0.5) is 0 Å². The molecule has 2 aromatic rings. The largest absolute Gasteiger partial charge is 0.493 e. The Morgan fingerprint density at radius 3 is 2.71 bits per heavy atom. The molecule has 0 unspecified atom stereocenters. The molecule has 0 atom stereocenters. The summed E-state index contributed by atoms with van der Waals surface area (Å²) < 4.78 is 16.3. The van der Waals surface area contributed by atoms with E-state index in [0.717, 1.165) is 17.8 Å². The molecule has 21 heavy (non-hydrogen) atoms. The second-order valence-electron chi connectivity index (χ2n) is 5.19. The molecule has 0 amide bonds. The highest BCUT2D eigenvalue weighted by Gasteiger charge is 2.18. The van der Waals surface area contributed by atoms with Crippen molar-refractivity contribution in [3.8, 4) is 22.8 Å². The van der Waals surface area contributed by atoms with Crippen molar-refractivity contribution < 1.29 is 13.9 Å². The van der Waals surface area contributed by atoms with Crippen LogP contribution < -0.4 is 14.8 Å². The Hall–Kier alpha value is -2.01. The van der Waals surface area contributed by atoms with Crippen LogP contribution in [-0.4, -0.2) is 25.7 Å². The van der Waals surface area contributed by atoms with Crippen molar-refractivity contribution in [2.45, 2.75) is 20.4 Å². The SMILES string of the molecule is COc1cccc(-c2ocnc2CNCC(C)C)c1OC. The molecule has 1 heterocycles. The van der Waals surface area contributed by atoms with Gasteiger partial charge in [0, 0.05) is 6.54 Å². The number of nitrogens with zero attached hydrogens (tertiary/aromatic N) is 1. The fraction of sp³-hybridized carbons (Fsp3) is 0.438. The predicted molar refractivity (Wildman–Crippen MR) is 81.6 cm³/mol. The maximum absolute atomic E-state index is 5.56. The molecular formula is C16H22N2O3. The lowest BCUT2D eigenvalue weighted by Gasteiger charge is -2.12. The summed E-state index contributed by atoms with van der Waals surface area (Å²) in [6.07, 6.45) is 1.46. The molecule has 0 radical (unpaired) electrons. The molecule has 5 heteroatoms. The number of hydrogen-bond donors (Lipinski definition) is 1. The molecule has 2 rings (SSSR count). The summed E-state index contributed by atoms with van der Waals surface area (Å²) in [5, 5.41) is 3.37. The first-order valence-corrected chi connectivity index (χ1v) is 7.01. The molecule has 0 aliphatic heterocycles. The van der Waals surface area contributed by atoms with Crippen LogP contribution >= 0.6 is 0 Å². The second-order valence-corrected chi connectivity index (χ2v) is 5.19. The average molecular weight is 290 g/mol. The van der Waals surface area contributed by atoms with Crippen molar-refractivity contribution in [3.05, 3.63) is 30.3 Å². The molecule has 1 aromatic carbocycles. The standard InChI is InChI=1S/C16H22N2O3/c1-11(2)8-17-9-13-15(21-10-18-13)12-6-5-7-14(19-3)16(12)20-4/h5-7,10-11,17H,8-9H2,1-4H3. The minimum Gasteiger partial charge on any atom is -0.493 e. The fourth-order valence-electron chi connectivity index (χ4n) is 2.16. The number of benzene rings is 1. The van der Waals surface area contributed by atoms with Gasteiger partial charge in [0.05, 0.1) is 19.8 Å². The smallest absolute Gasteiger partial charge is 0.181 e. The number of methoxy groups -OCH3 is 2. The Kier molecular flexibility index (Phi) is 5.22. The lowest BCUT2D eigenvalue weighted by atomic mass is 10.1. The number of para-hydroxylation sites is 1. The van der Waals surface area contributed by atoms with Gasteiger partial charge < -0.3 is 19.2 Å². The number of rotatable bonds is 7. The van der Waals surface area contributed by atoms with E-state index in [2.05, 4.69) is 24.1 Å². The van der Waals surface area contributed by atoms with Crippen LogP contribution in [-0.2, 0) is 6.54 Å². The van der Waals surface area contributed by atoms with Crippen LogP contribution in [0.25, 0.3) is 11.3 Å². The molecule has 0 aliphatic rings. The third kappa shape index (κ3) is 3.55. The lowest BCUT2D eigenvalue weighted by Crippen LogP contribution is -2.19. The van der Waals surface area contributed by atoms with Gasteiger partial charge in [0.15, 0.2) is 23.7 Å². The molecule has 0 fully saturated rings. The lowest BCUT2D eigenvalue weighted by molar-refractivity contribution is 0.355. The van der Waals surface area contributed by atoms with E-state index in [1.165, 1.54) is 6.39 Å². The number of hydrogen-bond acceptors (Lipinski definition) is 5. The van der Waals surface area contributed by atoms with E-state index in [-0.39, 0.29) is 0 Å². The number of ether oxygens (including phenoxy) is 2. The van der Waals surface area contributed by atoms with Crippen LogP contribution in [0, 0.1) is 5.92 Å². The topological polar surface area (TPSA) is 56.5 Å². The van der Waals surface area contributed by atoms with Crippen LogP contribution in [0.1, 0.15) is 19.5 Å². The van der Waals surface area contributed by atoms with Crippen molar-refractivity contribution in [2.24, 2.45) is 5.92 Å². The Labute approximate surface area is 125 Å². The first-order chi connectivity index (χ1) is 10.2. The summed E-state index contributed by atoms with van der Waals surface area (Å²) in [5.74, 6) is 2.63. The van der Waals surface area contributed by atoms with Gasteiger partial charge in [-0.2, -0.15) is 0 Å². The van der Waals surface area contributed by atoms with Crippen molar-refractivity contribution in [1.29, 1.82) is 0 Å². The minimum atomic E-state index is 0.590. The highest BCUT2D eigenvalue weighted by atomic mass is 16.5. The third-order valence-corrected chi connectivity index (χ3v) is 3.13. The van der Waals surface area contributed by atoms with E-state index in [0.29, 0.717) is 29.7 Å². The van der Waals surface area contributed by atoms with Crippen LogP contribution in [0.15, 0.2) is 29.0 Å². The minimum absolute atomic E-state index is 0.590. The van der Waals surface area contributed by atoms with Crippen LogP contribution in [0.2, 0.25) is 0 Å². The van der Waals surface area contributed by atoms with Gasteiger partial charge in [-0.3, -0.25) is 0 Å². The molecule has 0 spiro atoms. The summed E-state index contributed by atoms with van der Waals surface area (Å²) in [5.41, 5.74) is 1.71. The molecular weight excluding hydrogens is 268 g/mol. The maximum Gasteiger partial charge on any atom is 0.181 e. The normalized spacial score (nSPS) is 10.9. The third-order valence-electron chi connectivity index (χ3n) is 3.13. The second kappa shape index (κ2) is 7.13. The van der Waals surface area contributed by atoms with Crippen molar-refractivity contribution in [2.75, 3.05) is 20.8 Å².